The van der Waals surface area contributed by atoms with Crippen LogP contribution in [0, 0.1) is 0 Å². The molecule has 90 valence electrons. The third-order valence-corrected chi connectivity index (χ3v) is 2.45. The van der Waals surface area contributed by atoms with Gasteiger partial charge in [0.25, 0.3) is 5.91 Å². The molecule has 0 fully saturated rings. The van der Waals surface area contributed by atoms with Gasteiger partial charge in [-0.25, -0.2) is 0 Å². The fourth-order valence-corrected chi connectivity index (χ4v) is 1.52. The van der Waals surface area contributed by atoms with E-state index in [-0.39, 0.29) is 12.5 Å². The van der Waals surface area contributed by atoms with Crippen molar-refractivity contribution >= 4 is 16.9 Å². The maximum absolute atomic E-state index is 11.7. The van der Waals surface area contributed by atoms with Gasteiger partial charge in [-0.05, 0) is 31.0 Å². The summed E-state index contributed by atoms with van der Waals surface area (Å²) in [5, 5.41) is 21.7. The number of fused-ring (bicyclic) bond motifs is 1. The van der Waals surface area contributed by atoms with E-state index in [1.54, 1.807) is 18.2 Å². The number of nitrogens with zero attached hydrogens (tertiary/aromatic N) is 2. The number of amides is 1. The molecule has 0 unspecified atom stereocenters. The molecule has 1 aromatic carbocycles. The number of carbonyl (C=O) groups excluding carboxylic acids is 1. The van der Waals surface area contributed by atoms with Gasteiger partial charge in [0.2, 0.25) is 0 Å². The number of rotatable bonds is 5. The summed E-state index contributed by atoms with van der Waals surface area (Å²) in [6, 6.07) is 5.16. The molecule has 6 heteroatoms. The third-order valence-electron chi connectivity index (χ3n) is 2.45. The van der Waals surface area contributed by atoms with Crippen LogP contribution < -0.4 is 5.32 Å². The van der Waals surface area contributed by atoms with E-state index in [1.807, 2.05) is 0 Å². The number of aromatic amines is 1. The zero-order valence-electron chi connectivity index (χ0n) is 9.31. The zero-order chi connectivity index (χ0) is 12.1. The average molecular weight is 234 g/mol. The molecule has 3 N–H and O–H groups in total. The van der Waals surface area contributed by atoms with Gasteiger partial charge in [0, 0.05) is 18.7 Å². The number of aromatic nitrogens is 3. The minimum Gasteiger partial charge on any atom is -0.396 e. The molecule has 6 nitrogen and oxygen atoms in total. The van der Waals surface area contributed by atoms with Crippen molar-refractivity contribution in [2.45, 2.75) is 12.8 Å². The molecule has 1 aromatic heterocycles. The highest BCUT2D eigenvalue weighted by molar-refractivity contribution is 5.97. The second-order valence-electron chi connectivity index (χ2n) is 3.71. The van der Waals surface area contributed by atoms with E-state index in [0.29, 0.717) is 24.0 Å². The Hall–Kier alpha value is -1.95. The van der Waals surface area contributed by atoms with Crippen LogP contribution in [0.3, 0.4) is 0 Å². The molecule has 0 atom stereocenters. The van der Waals surface area contributed by atoms with Crippen molar-refractivity contribution in [2.75, 3.05) is 13.2 Å². The van der Waals surface area contributed by atoms with E-state index in [1.165, 1.54) is 0 Å². The molecule has 2 rings (SSSR count). The molecule has 0 radical (unpaired) electrons. The molecule has 2 aromatic rings. The Morgan fingerprint density at radius 2 is 2.12 bits per heavy atom. The maximum Gasteiger partial charge on any atom is 0.251 e. The van der Waals surface area contributed by atoms with E-state index in [9.17, 15) is 4.79 Å². The fraction of sp³-hybridized carbons (Fsp3) is 0.364. The van der Waals surface area contributed by atoms with Crippen molar-refractivity contribution in [3.8, 4) is 0 Å². The molecule has 0 spiro atoms. The highest BCUT2D eigenvalue weighted by Gasteiger charge is 2.07. The molecular formula is C11H14N4O2. The first-order valence-electron chi connectivity index (χ1n) is 5.51. The van der Waals surface area contributed by atoms with Crippen LogP contribution in [0.1, 0.15) is 23.2 Å². The second-order valence-corrected chi connectivity index (χ2v) is 3.71. The van der Waals surface area contributed by atoms with Crippen LogP contribution in [0.15, 0.2) is 18.2 Å². The number of aliphatic hydroxyl groups is 1. The van der Waals surface area contributed by atoms with Crippen LogP contribution >= 0.6 is 0 Å². The minimum atomic E-state index is -0.132. The first kappa shape index (κ1) is 11.5. The first-order chi connectivity index (χ1) is 8.31. The fourth-order valence-electron chi connectivity index (χ4n) is 1.52. The monoisotopic (exact) mass is 234 g/mol. The Labute approximate surface area is 98.0 Å². The Bertz CT molecular complexity index is 509. The summed E-state index contributed by atoms with van der Waals surface area (Å²) >= 11 is 0. The number of H-pyrrole nitrogens is 1. The molecule has 0 saturated heterocycles. The summed E-state index contributed by atoms with van der Waals surface area (Å²) in [4.78, 5) is 11.7. The van der Waals surface area contributed by atoms with Crippen LogP contribution in [0.5, 0.6) is 0 Å². The van der Waals surface area contributed by atoms with Crippen LogP contribution in [0.25, 0.3) is 11.0 Å². The molecule has 0 aliphatic carbocycles. The van der Waals surface area contributed by atoms with E-state index < -0.39 is 0 Å². The summed E-state index contributed by atoms with van der Waals surface area (Å²) in [5.41, 5.74) is 1.98. The van der Waals surface area contributed by atoms with Gasteiger partial charge >= 0.3 is 0 Å². The Balaban J connectivity index is 1.98. The van der Waals surface area contributed by atoms with Crippen molar-refractivity contribution in [3.63, 3.8) is 0 Å². The first-order valence-corrected chi connectivity index (χ1v) is 5.51. The van der Waals surface area contributed by atoms with E-state index in [0.717, 1.165) is 11.9 Å². The second kappa shape index (κ2) is 5.40. The lowest BCUT2D eigenvalue weighted by atomic mass is 10.2. The van der Waals surface area contributed by atoms with Gasteiger partial charge < -0.3 is 10.4 Å². The van der Waals surface area contributed by atoms with Gasteiger partial charge in [0.15, 0.2) is 0 Å². The summed E-state index contributed by atoms with van der Waals surface area (Å²) in [6.07, 6.45) is 1.47. The number of benzene rings is 1. The Morgan fingerprint density at radius 3 is 2.94 bits per heavy atom. The predicted molar refractivity (Wildman–Crippen MR) is 62.5 cm³/mol. The predicted octanol–water partition coefficient (Wildman–Crippen LogP) is 0.460. The van der Waals surface area contributed by atoms with Crippen LogP contribution in [0.2, 0.25) is 0 Å². The van der Waals surface area contributed by atoms with Gasteiger partial charge in [-0.15, -0.1) is 0 Å². The lowest BCUT2D eigenvalue weighted by Crippen LogP contribution is -2.24. The van der Waals surface area contributed by atoms with Crippen molar-refractivity contribution in [2.24, 2.45) is 0 Å². The molecule has 0 aliphatic rings. The highest BCUT2D eigenvalue weighted by atomic mass is 16.2. The summed E-state index contributed by atoms with van der Waals surface area (Å²) in [7, 11) is 0. The van der Waals surface area contributed by atoms with Gasteiger partial charge in [0.05, 0.1) is 0 Å². The van der Waals surface area contributed by atoms with Crippen LogP contribution in [-0.4, -0.2) is 39.6 Å². The Morgan fingerprint density at radius 1 is 1.29 bits per heavy atom. The van der Waals surface area contributed by atoms with Crippen molar-refractivity contribution in [1.29, 1.82) is 0 Å². The smallest absolute Gasteiger partial charge is 0.251 e. The van der Waals surface area contributed by atoms with Crippen LogP contribution in [-0.2, 0) is 0 Å². The Kier molecular flexibility index (Phi) is 3.66. The van der Waals surface area contributed by atoms with Crippen molar-refractivity contribution in [1.82, 2.24) is 20.7 Å². The van der Waals surface area contributed by atoms with E-state index in [2.05, 4.69) is 20.7 Å². The summed E-state index contributed by atoms with van der Waals surface area (Å²) < 4.78 is 0. The number of carbonyl (C=O) groups is 1. The highest BCUT2D eigenvalue weighted by Crippen LogP contribution is 2.10. The van der Waals surface area contributed by atoms with Gasteiger partial charge in [0.1, 0.15) is 11.0 Å². The molecule has 0 aliphatic heterocycles. The summed E-state index contributed by atoms with van der Waals surface area (Å²) in [5.74, 6) is -0.132. The average Bonchev–Trinajstić information content (AvgIpc) is 2.81. The molecule has 1 amide bonds. The number of unbranched alkanes of at least 4 members (excludes halogenated alkanes) is 1. The lowest BCUT2D eigenvalue weighted by Gasteiger charge is -2.04. The van der Waals surface area contributed by atoms with Crippen molar-refractivity contribution in [3.05, 3.63) is 23.8 Å². The van der Waals surface area contributed by atoms with Crippen molar-refractivity contribution < 1.29 is 9.90 Å². The normalized spacial score (nSPS) is 10.6. The number of aliphatic hydroxyl groups excluding tert-OH is 1. The standard InChI is InChI=1S/C11H14N4O2/c16-6-2-1-5-12-11(17)8-3-4-9-10(7-8)14-15-13-9/h3-4,7,16H,1-2,5-6H2,(H,12,17)(H,13,14,15). The minimum absolute atomic E-state index is 0.132. The van der Waals surface area contributed by atoms with E-state index in [4.69, 9.17) is 5.11 Å². The quantitative estimate of drug-likeness (QED) is 0.655. The SMILES string of the molecule is O=C(NCCCCO)c1ccc2n[nH]nc2c1. The zero-order valence-corrected chi connectivity index (χ0v) is 9.31. The topological polar surface area (TPSA) is 90.9 Å². The van der Waals surface area contributed by atoms with E-state index >= 15 is 0 Å². The molecule has 0 bridgehead atoms. The largest absolute Gasteiger partial charge is 0.396 e. The number of nitrogens with one attached hydrogen (secondary N) is 2. The van der Waals surface area contributed by atoms with Gasteiger partial charge in [-0.3, -0.25) is 4.79 Å². The number of hydrogen-bond donors (Lipinski definition) is 3. The molecular weight excluding hydrogens is 220 g/mol. The lowest BCUT2D eigenvalue weighted by molar-refractivity contribution is 0.0952. The molecule has 1 heterocycles. The maximum atomic E-state index is 11.7. The van der Waals surface area contributed by atoms with Gasteiger partial charge in [-0.1, -0.05) is 0 Å². The third kappa shape index (κ3) is 2.79. The molecule has 0 saturated carbocycles. The van der Waals surface area contributed by atoms with Gasteiger partial charge in [-0.2, -0.15) is 15.4 Å². The summed E-state index contributed by atoms with van der Waals surface area (Å²) in [6.45, 7) is 0.719. The number of hydrogen-bond acceptors (Lipinski definition) is 4. The molecule has 17 heavy (non-hydrogen) atoms. The van der Waals surface area contributed by atoms with Crippen LogP contribution in [0.4, 0.5) is 0 Å².